The van der Waals surface area contributed by atoms with Crippen LogP contribution in [0.4, 0.5) is 0 Å². The minimum atomic E-state index is -0.0892. The fourth-order valence-corrected chi connectivity index (χ4v) is 1.21. The standard InChI is InChI=1S/C9H12ClNO.ClH/c1-12-6-9(11)7-3-2-4-8(10)5-7;/h2-5,9H,6,11H2,1H3;1H. The number of hydrogen-bond acceptors (Lipinski definition) is 2. The minimum Gasteiger partial charge on any atom is -0.383 e. The van der Waals surface area contributed by atoms with Crippen LogP contribution in [0.5, 0.6) is 0 Å². The average molecular weight is 222 g/mol. The van der Waals surface area contributed by atoms with Crippen LogP contribution in [0, 0.1) is 0 Å². The highest BCUT2D eigenvalue weighted by Crippen LogP contribution is 2.15. The Morgan fingerprint density at radius 1 is 1.54 bits per heavy atom. The molecule has 0 spiro atoms. The minimum absolute atomic E-state index is 0. The Kier molecular flexibility index (Phi) is 6.08. The van der Waals surface area contributed by atoms with Crippen molar-refractivity contribution in [1.82, 2.24) is 0 Å². The van der Waals surface area contributed by atoms with E-state index >= 15 is 0 Å². The molecule has 0 heterocycles. The lowest BCUT2D eigenvalue weighted by Gasteiger charge is -2.10. The summed E-state index contributed by atoms with van der Waals surface area (Å²) in [7, 11) is 1.63. The highest BCUT2D eigenvalue weighted by molar-refractivity contribution is 6.30. The van der Waals surface area contributed by atoms with Crippen molar-refractivity contribution in [2.24, 2.45) is 5.73 Å². The van der Waals surface area contributed by atoms with Crippen LogP contribution < -0.4 is 5.73 Å². The first-order valence-electron chi connectivity index (χ1n) is 3.74. The fourth-order valence-electron chi connectivity index (χ4n) is 1.01. The van der Waals surface area contributed by atoms with Crippen LogP contribution in [-0.2, 0) is 4.74 Å². The second-order valence-electron chi connectivity index (χ2n) is 2.62. The van der Waals surface area contributed by atoms with Gasteiger partial charge in [0.1, 0.15) is 0 Å². The van der Waals surface area contributed by atoms with Gasteiger partial charge >= 0.3 is 0 Å². The molecule has 4 heteroatoms. The summed E-state index contributed by atoms with van der Waals surface area (Å²) >= 11 is 5.79. The Hall–Kier alpha value is -0.280. The molecular weight excluding hydrogens is 209 g/mol. The molecule has 0 amide bonds. The van der Waals surface area contributed by atoms with Gasteiger partial charge in [0.25, 0.3) is 0 Å². The molecule has 0 aliphatic carbocycles. The van der Waals surface area contributed by atoms with Gasteiger partial charge in [0.05, 0.1) is 12.6 Å². The normalized spacial score (nSPS) is 11.9. The Morgan fingerprint density at radius 2 is 2.23 bits per heavy atom. The fraction of sp³-hybridized carbons (Fsp3) is 0.333. The SMILES string of the molecule is COCC(N)c1cccc(Cl)c1.Cl. The molecule has 1 atom stereocenters. The van der Waals surface area contributed by atoms with Gasteiger partial charge < -0.3 is 10.5 Å². The zero-order valence-corrected chi connectivity index (χ0v) is 8.94. The molecule has 0 radical (unpaired) electrons. The van der Waals surface area contributed by atoms with E-state index in [1.807, 2.05) is 24.3 Å². The Labute approximate surface area is 89.4 Å². The van der Waals surface area contributed by atoms with Crippen molar-refractivity contribution in [3.63, 3.8) is 0 Å². The van der Waals surface area contributed by atoms with Crippen molar-refractivity contribution in [1.29, 1.82) is 0 Å². The number of hydrogen-bond donors (Lipinski definition) is 1. The van der Waals surface area contributed by atoms with E-state index in [0.29, 0.717) is 11.6 Å². The summed E-state index contributed by atoms with van der Waals surface area (Å²) in [6, 6.07) is 7.41. The first-order chi connectivity index (χ1) is 5.74. The lowest BCUT2D eigenvalue weighted by Crippen LogP contribution is -2.15. The predicted octanol–water partition coefficient (Wildman–Crippen LogP) is 2.41. The number of rotatable bonds is 3. The van der Waals surface area contributed by atoms with E-state index in [4.69, 9.17) is 22.1 Å². The topological polar surface area (TPSA) is 35.2 Å². The van der Waals surface area contributed by atoms with Crippen molar-refractivity contribution in [3.8, 4) is 0 Å². The van der Waals surface area contributed by atoms with Crippen molar-refractivity contribution >= 4 is 24.0 Å². The van der Waals surface area contributed by atoms with Crippen LogP contribution in [0.2, 0.25) is 5.02 Å². The van der Waals surface area contributed by atoms with Crippen LogP contribution in [0.15, 0.2) is 24.3 Å². The van der Waals surface area contributed by atoms with Crippen LogP contribution in [-0.4, -0.2) is 13.7 Å². The summed E-state index contributed by atoms with van der Waals surface area (Å²) in [5.41, 5.74) is 6.79. The first-order valence-corrected chi connectivity index (χ1v) is 4.12. The third-order valence-electron chi connectivity index (χ3n) is 1.62. The van der Waals surface area contributed by atoms with E-state index in [2.05, 4.69) is 0 Å². The molecule has 1 aromatic rings. The molecule has 0 bridgehead atoms. The van der Waals surface area contributed by atoms with Crippen LogP contribution in [0.25, 0.3) is 0 Å². The van der Waals surface area contributed by atoms with Crippen molar-refractivity contribution < 1.29 is 4.74 Å². The molecule has 0 aliphatic rings. The van der Waals surface area contributed by atoms with Gasteiger partial charge in [0, 0.05) is 12.1 Å². The van der Waals surface area contributed by atoms with Gasteiger partial charge in [0.2, 0.25) is 0 Å². The zero-order valence-electron chi connectivity index (χ0n) is 7.37. The van der Waals surface area contributed by atoms with E-state index in [0.717, 1.165) is 5.56 Å². The van der Waals surface area contributed by atoms with E-state index < -0.39 is 0 Å². The van der Waals surface area contributed by atoms with E-state index in [1.165, 1.54) is 0 Å². The van der Waals surface area contributed by atoms with Gasteiger partial charge in [-0.1, -0.05) is 23.7 Å². The lowest BCUT2D eigenvalue weighted by molar-refractivity contribution is 0.181. The number of ether oxygens (including phenoxy) is 1. The molecule has 1 aromatic carbocycles. The first kappa shape index (κ1) is 12.7. The second-order valence-corrected chi connectivity index (χ2v) is 3.05. The largest absolute Gasteiger partial charge is 0.383 e. The second kappa shape index (κ2) is 6.22. The van der Waals surface area contributed by atoms with E-state index in [1.54, 1.807) is 7.11 Å². The molecule has 74 valence electrons. The average Bonchev–Trinajstić information content (AvgIpc) is 2.05. The molecule has 2 N–H and O–H groups in total. The maximum Gasteiger partial charge on any atom is 0.0655 e. The number of benzene rings is 1. The summed E-state index contributed by atoms with van der Waals surface area (Å²) in [6.45, 7) is 0.514. The lowest BCUT2D eigenvalue weighted by atomic mass is 10.1. The van der Waals surface area contributed by atoms with Crippen LogP contribution >= 0.6 is 24.0 Å². The van der Waals surface area contributed by atoms with E-state index in [-0.39, 0.29) is 18.4 Å². The molecule has 0 aliphatic heterocycles. The van der Waals surface area contributed by atoms with E-state index in [9.17, 15) is 0 Å². The molecule has 0 saturated carbocycles. The third kappa shape index (κ3) is 3.96. The van der Waals surface area contributed by atoms with Gasteiger partial charge in [-0.25, -0.2) is 0 Å². The van der Waals surface area contributed by atoms with Crippen LogP contribution in [0.1, 0.15) is 11.6 Å². The third-order valence-corrected chi connectivity index (χ3v) is 1.86. The molecule has 0 fully saturated rings. The quantitative estimate of drug-likeness (QED) is 0.852. The molecule has 13 heavy (non-hydrogen) atoms. The smallest absolute Gasteiger partial charge is 0.0655 e. The highest BCUT2D eigenvalue weighted by Gasteiger charge is 2.04. The molecule has 1 unspecified atom stereocenters. The van der Waals surface area contributed by atoms with Crippen LogP contribution in [0.3, 0.4) is 0 Å². The molecule has 0 aromatic heterocycles. The predicted molar refractivity (Wildman–Crippen MR) is 57.5 cm³/mol. The number of methoxy groups -OCH3 is 1. The van der Waals surface area contributed by atoms with Gasteiger partial charge in [-0.2, -0.15) is 0 Å². The Bertz CT molecular complexity index is 255. The summed E-state index contributed by atoms with van der Waals surface area (Å²) in [5, 5.41) is 0.707. The Balaban J connectivity index is 0.00000144. The molecular formula is C9H13Cl2NO. The van der Waals surface area contributed by atoms with Crippen molar-refractivity contribution in [2.45, 2.75) is 6.04 Å². The summed E-state index contributed by atoms with van der Waals surface area (Å²) in [4.78, 5) is 0. The monoisotopic (exact) mass is 221 g/mol. The molecule has 1 rings (SSSR count). The zero-order chi connectivity index (χ0) is 8.97. The maximum atomic E-state index is 5.79. The highest BCUT2D eigenvalue weighted by atomic mass is 35.5. The van der Waals surface area contributed by atoms with Crippen molar-refractivity contribution in [2.75, 3.05) is 13.7 Å². The van der Waals surface area contributed by atoms with Gasteiger partial charge in [0.15, 0.2) is 0 Å². The number of halogens is 2. The summed E-state index contributed by atoms with van der Waals surface area (Å²) in [6.07, 6.45) is 0. The van der Waals surface area contributed by atoms with Gasteiger partial charge in [-0.05, 0) is 17.7 Å². The molecule has 2 nitrogen and oxygen atoms in total. The summed E-state index contributed by atoms with van der Waals surface area (Å²) < 4.78 is 4.93. The maximum absolute atomic E-state index is 5.79. The Morgan fingerprint density at radius 3 is 2.77 bits per heavy atom. The summed E-state index contributed by atoms with van der Waals surface area (Å²) in [5.74, 6) is 0. The molecule has 0 saturated heterocycles. The number of nitrogens with two attached hydrogens (primary N) is 1. The van der Waals surface area contributed by atoms with Gasteiger partial charge in [-0.15, -0.1) is 12.4 Å². The van der Waals surface area contributed by atoms with Gasteiger partial charge in [-0.3, -0.25) is 0 Å². The van der Waals surface area contributed by atoms with Crippen molar-refractivity contribution in [3.05, 3.63) is 34.9 Å².